The van der Waals surface area contributed by atoms with Gasteiger partial charge in [0.15, 0.2) is 0 Å². The number of quaternary nitrogens is 1. The van der Waals surface area contributed by atoms with E-state index in [1.54, 1.807) is 6.08 Å². The lowest BCUT2D eigenvalue weighted by atomic mass is 10.0. The first-order valence-electron chi connectivity index (χ1n) is 19.3. The Bertz CT molecular complexity index is 886. The highest BCUT2D eigenvalue weighted by Gasteiger charge is 2.22. The van der Waals surface area contributed by atoms with Crippen LogP contribution in [0.15, 0.2) is 36.5 Å². The predicted molar refractivity (Wildman–Crippen MR) is 201 cm³/mol. The number of aliphatic hydroxyl groups excluding tert-OH is 1. The number of nitrogens with zero attached hydrogens (tertiary/aromatic N) is 1. The van der Waals surface area contributed by atoms with E-state index in [-0.39, 0.29) is 12.5 Å². The third-order valence-corrected chi connectivity index (χ3v) is 9.33. The Morgan fingerprint density at radius 2 is 1.12 bits per heavy atom. The first-order chi connectivity index (χ1) is 23.0. The van der Waals surface area contributed by atoms with Crippen LogP contribution in [0.2, 0.25) is 0 Å². The van der Waals surface area contributed by atoms with Crippen LogP contribution in [0.1, 0.15) is 155 Å². The normalized spacial score (nSPS) is 15.1. The standard InChI is InChI=1S/C39H75N2O6P/c1-6-7-8-9-10-11-12-13-14-15-16-17-18-19-20-21-22-23-24-25-26-27-28-29-30-31-32-33-39(43)38(40-37(2)42)36-47-48(44,45)46-35-34-41(3,4)5/h24-25,28-29,32-33,38-39,43H,6-23,26-27,30-31,34-36H2,1-5H3,(H-,40,42,44,45)/b25-24+,29-28+,33-32+. The molecule has 0 fully saturated rings. The van der Waals surface area contributed by atoms with Crippen LogP contribution in [-0.4, -0.2) is 68.5 Å². The summed E-state index contributed by atoms with van der Waals surface area (Å²) in [6.07, 6.45) is 39.9. The molecule has 0 aromatic rings. The van der Waals surface area contributed by atoms with E-state index >= 15 is 0 Å². The van der Waals surface area contributed by atoms with E-state index in [0.717, 1.165) is 25.7 Å². The van der Waals surface area contributed by atoms with Crippen molar-refractivity contribution >= 4 is 13.7 Å². The molecule has 0 aliphatic heterocycles. The minimum Gasteiger partial charge on any atom is -0.756 e. The van der Waals surface area contributed by atoms with Gasteiger partial charge in [-0.05, 0) is 38.5 Å². The summed E-state index contributed by atoms with van der Waals surface area (Å²) >= 11 is 0. The van der Waals surface area contributed by atoms with E-state index in [9.17, 15) is 19.4 Å². The number of phosphoric ester groups is 1. The molecule has 8 nitrogen and oxygen atoms in total. The maximum atomic E-state index is 12.1. The quantitative estimate of drug-likeness (QED) is 0.0300. The molecule has 9 heteroatoms. The summed E-state index contributed by atoms with van der Waals surface area (Å²) in [6, 6.07) is -0.908. The van der Waals surface area contributed by atoms with Gasteiger partial charge in [-0.3, -0.25) is 9.36 Å². The van der Waals surface area contributed by atoms with Crippen molar-refractivity contribution in [2.75, 3.05) is 40.9 Å². The van der Waals surface area contributed by atoms with Gasteiger partial charge in [-0.25, -0.2) is 0 Å². The van der Waals surface area contributed by atoms with Crippen molar-refractivity contribution < 1.29 is 32.9 Å². The van der Waals surface area contributed by atoms with Gasteiger partial charge in [-0.15, -0.1) is 0 Å². The zero-order chi connectivity index (χ0) is 35.8. The molecule has 0 aliphatic rings. The van der Waals surface area contributed by atoms with Crippen molar-refractivity contribution in [3.63, 3.8) is 0 Å². The number of unbranched alkanes of at least 4 members (excludes halogenated alkanes) is 19. The fourth-order valence-corrected chi connectivity index (χ4v) is 6.06. The van der Waals surface area contributed by atoms with Gasteiger partial charge in [0.2, 0.25) is 5.91 Å². The van der Waals surface area contributed by atoms with Gasteiger partial charge < -0.3 is 28.8 Å². The number of carbonyl (C=O) groups is 1. The highest BCUT2D eigenvalue weighted by Crippen LogP contribution is 2.38. The zero-order valence-corrected chi connectivity index (χ0v) is 32.6. The van der Waals surface area contributed by atoms with Crippen LogP contribution in [0.5, 0.6) is 0 Å². The van der Waals surface area contributed by atoms with Crippen molar-refractivity contribution in [3.05, 3.63) is 36.5 Å². The number of nitrogens with one attached hydrogen (secondary N) is 1. The predicted octanol–water partition coefficient (Wildman–Crippen LogP) is 9.33. The molecule has 3 atom stereocenters. The summed E-state index contributed by atoms with van der Waals surface area (Å²) in [4.78, 5) is 23.6. The number of carbonyl (C=O) groups excluding carboxylic acids is 1. The third kappa shape index (κ3) is 34.6. The van der Waals surface area contributed by atoms with Crippen LogP contribution in [0.25, 0.3) is 0 Å². The number of hydrogen-bond donors (Lipinski definition) is 2. The molecule has 0 aliphatic carbocycles. The second-order valence-corrected chi connectivity index (χ2v) is 15.8. The van der Waals surface area contributed by atoms with Crippen molar-refractivity contribution in [1.29, 1.82) is 0 Å². The molecule has 48 heavy (non-hydrogen) atoms. The first-order valence-corrected chi connectivity index (χ1v) is 20.8. The maximum Gasteiger partial charge on any atom is 0.268 e. The van der Waals surface area contributed by atoms with Crippen molar-refractivity contribution in [2.45, 2.75) is 167 Å². The summed E-state index contributed by atoms with van der Waals surface area (Å²) < 4.78 is 22.4. The van der Waals surface area contributed by atoms with Gasteiger partial charge in [0.1, 0.15) is 13.2 Å². The van der Waals surface area contributed by atoms with Crippen molar-refractivity contribution in [2.24, 2.45) is 0 Å². The molecule has 3 unspecified atom stereocenters. The fraction of sp³-hybridized carbons (Fsp3) is 0.821. The summed E-state index contributed by atoms with van der Waals surface area (Å²) in [5, 5.41) is 13.0. The van der Waals surface area contributed by atoms with Gasteiger partial charge in [-0.2, -0.15) is 0 Å². The minimum absolute atomic E-state index is 0.0129. The van der Waals surface area contributed by atoms with Crippen LogP contribution < -0.4 is 10.2 Å². The molecule has 0 saturated carbocycles. The topological polar surface area (TPSA) is 108 Å². The van der Waals surface area contributed by atoms with Crippen molar-refractivity contribution in [1.82, 2.24) is 5.32 Å². The Morgan fingerprint density at radius 1 is 0.708 bits per heavy atom. The summed E-state index contributed by atoms with van der Waals surface area (Å²) in [5.74, 6) is -0.389. The summed E-state index contributed by atoms with van der Waals surface area (Å²) in [6.45, 7) is 3.65. The van der Waals surface area contributed by atoms with E-state index in [2.05, 4.69) is 36.5 Å². The molecule has 2 N–H and O–H groups in total. The van der Waals surface area contributed by atoms with E-state index in [0.29, 0.717) is 11.0 Å². The Morgan fingerprint density at radius 3 is 1.56 bits per heavy atom. The smallest absolute Gasteiger partial charge is 0.268 e. The highest BCUT2D eigenvalue weighted by atomic mass is 31.2. The highest BCUT2D eigenvalue weighted by molar-refractivity contribution is 7.45. The minimum atomic E-state index is -4.55. The van der Waals surface area contributed by atoms with E-state index in [1.807, 2.05) is 27.2 Å². The number of aliphatic hydroxyl groups is 1. The summed E-state index contributed by atoms with van der Waals surface area (Å²) in [5.41, 5.74) is 0. The zero-order valence-electron chi connectivity index (χ0n) is 31.7. The van der Waals surface area contributed by atoms with Crippen molar-refractivity contribution in [3.8, 4) is 0 Å². The average molecular weight is 699 g/mol. The SMILES string of the molecule is CCCCCCCCCCCCCCCCCCC/C=C/CC/C=C/CC/C=C/C(O)C(COP(=O)([O-])OCC[N+](C)(C)C)NC(C)=O. The molecule has 0 aromatic carbocycles. The molecule has 0 bridgehead atoms. The van der Waals surface area contributed by atoms with Gasteiger partial charge in [0.05, 0.1) is 39.9 Å². The van der Waals surface area contributed by atoms with Gasteiger partial charge >= 0.3 is 0 Å². The van der Waals surface area contributed by atoms with Gasteiger partial charge in [0, 0.05) is 6.92 Å². The molecule has 0 radical (unpaired) electrons. The Hall–Kier alpha value is -1.28. The van der Waals surface area contributed by atoms with Crippen LogP contribution in [0, 0.1) is 0 Å². The van der Waals surface area contributed by atoms with Crippen LogP contribution in [0.3, 0.4) is 0 Å². The third-order valence-electron chi connectivity index (χ3n) is 8.37. The molecule has 0 heterocycles. The maximum absolute atomic E-state index is 12.1. The molecule has 0 rings (SSSR count). The Kier molecular flexibility index (Phi) is 30.8. The van der Waals surface area contributed by atoms with Crippen LogP contribution in [-0.2, 0) is 18.4 Å². The van der Waals surface area contributed by atoms with Gasteiger partial charge in [0.25, 0.3) is 7.82 Å². The number of likely N-dealkylation sites (N-methyl/N-ethyl adjacent to an activating group) is 1. The van der Waals surface area contributed by atoms with Crippen LogP contribution >= 0.6 is 7.82 Å². The summed E-state index contributed by atoms with van der Waals surface area (Å²) in [7, 11) is 1.22. The lowest BCUT2D eigenvalue weighted by Gasteiger charge is -2.29. The molecule has 0 aromatic heterocycles. The Labute approximate surface area is 296 Å². The second-order valence-electron chi connectivity index (χ2n) is 14.4. The molecular weight excluding hydrogens is 623 g/mol. The van der Waals surface area contributed by atoms with E-state index in [1.165, 1.54) is 122 Å². The molecule has 0 spiro atoms. The number of allylic oxidation sites excluding steroid dienone is 5. The number of amides is 1. The number of phosphoric acid groups is 1. The molecule has 1 amide bonds. The average Bonchev–Trinajstić information content (AvgIpc) is 3.01. The number of rotatable bonds is 34. The van der Waals surface area contributed by atoms with E-state index in [4.69, 9.17) is 9.05 Å². The lowest BCUT2D eigenvalue weighted by Crippen LogP contribution is -2.45. The number of hydrogen-bond acceptors (Lipinski definition) is 6. The molecular formula is C39H75N2O6P. The molecule has 0 saturated heterocycles. The first kappa shape index (κ1) is 46.7. The van der Waals surface area contributed by atoms with Crippen LogP contribution in [0.4, 0.5) is 0 Å². The monoisotopic (exact) mass is 699 g/mol. The van der Waals surface area contributed by atoms with Gasteiger partial charge in [-0.1, -0.05) is 146 Å². The lowest BCUT2D eigenvalue weighted by molar-refractivity contribution is -0.870. The Balaban J connectivity index is 3.81. The second kappa shape index (κ2) is 31.7. The largest absolute Gasteiger partial charge is 0.756 e. The van der Waals surface area contributed by atoms with E-state index < -0.39 is 26.6 Å². The fourth-order valence-electron chi connectivity index (χ4n) is 5.34. The molecule has 282 valence electrons.